The van der Waals surface area contributed by atoms with Crippen LogP contribution in [0, 0.1) is 0 Å². The Balaban J connectivity index is 2.54. The molecule has 1 N–H and O–H groups in total. The van der Waals surface area contributed by atoms with Crippen LogP contribution >= 0.6 is 0 Å². The van der Waals surface area contributed by atoms with Crippen molar-refractivity contribution in [3.63, 3.8) is 0 Å². The van der Waals surface area contributed by atoms with E-state index in [1.165, 1.54) is 17.2 Å². The predicted octanol–water partition coefficient (Wildman–Crippen LogP) is 0.667. The second-order valence-corrected chi connectivity index (χ2v) is 3.45. The molecule has 0 fully saturated rings. The molecule has 0 amide bonds. The molecule has 84 valence electrons. The third-order valence-electron chi connectivity index (χ3n) is 2.45. The minimum absolute atomic E-state index is 0.266. The zero-order chi connectivity index (χ0) is 11.8. The number of hydrogen-bond acceptors (Lipinski definition) is 4. The fourth-order valence-corrected chi connectivity index (χ4v) is 1.73. The number of oxazole rings is 1. The minimum Gasteiger partial charge on any atom is -0.427 e. The predicted molar refractivity (Wildman–Crippen MR) is 60.2 cm³/mol. The van der Waals surface area contributed by atoms with Gasteiger partial charge in [-0.05, 0) is 12.1 Å². The Morgan fingerprint density at radius 2 is 2.06 bits per heavy atom. The van der Waals surface area contributed by atoms with Crippen LogP contribution in [0.5, 0.6) is 0 Å². The molecular weight excluding hydrogens is 222 g/mol. The first-order valence-corrected chi connectivity index (χ1v) is 4.90. The lowest BCUT2D eigenvalue weighted by molar-refractivity contribution is 0.529. The van der Waals surface area contributed by atoms with E-state index in [1.54, 1.807) is 24.3 Å². The standard InChI is InChI=1S/C11H7N3O3/c15-10-7-3-1-2-4-8(7)14(11(16)13-10)9-5-12-6-17-9/h1-6H,(H,13,15,16). The van der Waals surface area contributed by atoms with Gasteiger partial charge < -0.3 is 4.42 Å². The van der Waals surface area contributed by atoms with Gasteiger partial charge in [0.05, 0.1) is 17.1 Å². The van der Waals surface area contributed by atoms with Crippen molar-refractivity contribution in [2.75, 3.05) is 0 Å². The maximum Gasteiger partial charge on any atom is 0.335 e. The quantitative estimate of drug-likeness (QED) is 0.664. The smallest absolute Gasteiger partial charge is 0.335 e. The number of H-pyrrole nitrogens is 1. The topological polar surface area (TPSA) is 80.9 Å². The summed E-state index contributed by atoms with van der Waals surface area (Å²) in [6.07, 6.45) is 2.63. The maximum atomic E-state index is 11.8. The van der Waals surface area contributed by atoms with Crippen molar-refractivity contribution in [1.82, 2.24) is 14.5 Å². The van der Waals surface area contributed by atoms with E-state index in [0.29, 0.717) is 10.9 Å². The average Bonchev–Trinajstić information content (AvgIpc) is 2.83. The molecule has 6 heteroatoms. The molecule has 0 bridgehead atoms. The van der Waals surface area contributed by atoms with Gasteiger partial charge in [0.25, 0.3) is 5.56 Å². The Kier molecular flexibility index (Phi) is 1.94. The molecule has 2 heterocycles. The van der Waals surface area contributed by atoms with Gasteiger partial charge in [-0.25, -0.2) is 14.3 Å². The van der Waals surface area contributed by atoms with Gasteiger partial charge in [-0.1, -0.05) is 12.1 Å². The highest BCUT2D eigenvalue weighted by Crippen LogP contribution is 2.11. The van der Waals surface area contributed by atoms with E-state index in [0.717, 1.165) is 0 Å². The van der Waals surface area contributed by atoms with Crippen LogP contribution in [0.15, 0.2) is 50.9 Å². The molecule has 0 aliphatic rings. The van der Waals surface area contributed by atoms with E-state index < -0.39 is 11.2 Å². The van der Waals surface area contributed by atoms with Crippen LogP contribution in [0.3, 0.4) is 0 Å². The fourth-order valence-electron chi connectivity index (χ4n) is 1.73. The van der Waals surface area contributed by atoms with Crippen LogP contribution in [0.2, 0.25) is 0 Å². The van der Waals surface area contributed by atoms with E-state index in [9.17, 15) is 9.59 Å². The first-order chi connectivity index (χ1) is 8.27. The minimum atomic E-state index is -0.551. The largest absolute Gasteiger partial charge is 0.427 e. The molecule has 3 rings (SSSR count). The van der Waals surface area contributed by atoms with Crippen LogP contribution in [0.1, 0.15) is 0 Å². The van der Waals surface area contributed by atoms with E-state index in [2.05, 4.69) is 9.97 Å². The summed E-state index contributed by atoms with van der Waals surface area (Å²) in [6, 6.07) is 6.79. The Labute approximate surface area is 94.2 Å². The van der Waals surface area contributed by atoms with E-state index in [-0.39, 0.29) is 5.88 Å². The lowest BCUT2D eigenvalue weighted by Gasteiger charge is -2.04. The van der Waals surface area contributed by atoms with Gasteiger partial charge in [0.15, 0.2) is 6.39 Å². The average molecular weight is 229 g/mol. The van der Waals surface area contributed by atoms with Crippen molar-refractivity contribution in [2.24, 2.45) is 0 Å². The van der Waals surface area contributed by atoms with Gasteiger partial charge in [-0.2, -0.15) is 0 Å². The molecule has 0 atom stereocenters. The molecule has 0 aliphatic carbocycles. The second-order valence-electron chi connectivity index (χ2n) is 3.45. The van der Waals surface area contributed by atoms with Crippen molar-refractivity contribution in [3.05, 3.63) is 57.7 Å². The highest BCUT2D eigenvalue weighted by atomic mass is 16.4. The zero-order valence-electron chi connectivity index (χ0n) is 8.58. The molecule has 2 aromatic heterocycles. The summed E-state index contributed by atoms with van der Waals surface area (Å²) in [6.45, 7) is 0. The van der Waals surface area contributed by atoms with Crippen molar-refractivity contribution in [1.29, 1.82) is 0 Å². The first-order valence-electron chi connectivity index (χ1n) is 4.90. The number of para-hydroxylation sites is 1. The Hall–Kier alpha value is -2.63. The summed E-state index contributed by atoms with van der Waals surface area (Å²) in [5.41, 5.74) is -0.482. The van der Waals surface area contributed by atoms with Crippen molar-refractivity contribution >= 4 is 10.9 Å². The first kappa shape index (κ1) is 9.59. The molecule has 0 saturated heterocycles. The van der Waals surface area contributed by atoms with Gasteiger partial charge in [0.1, 0.15) is 0 Å². The summed E-state index contributed by atoms with van der Waals surface area (Å²) in [4.78, 5) is 29.4. The van der Waals surface area contributed by atoms with Gasteiger partial charge in [0, 0.05) is 0 Å². The van der Waals surface area contributed by atoms with Crippen LogP contribution < -0.4 is 11.2 Å². The van der Waals surface area contributed by atoms with E-state index >= 15 is 0 Å². The third kappa shape index (κ3) is 1.38. The summed E-state index contributed by atoms with van der Waals surface area (Å²) in [5.74, 6) is 0.266. The van der Waals surface area contributed by atoms with Crippen LogP contribution in [-0.2, 0) is 0 Å². The number of fused-ring (bicyclic) bond motifs is 1. The van der Waals surface area contributed by atoms with E-state index in [1.807, 2.05) is 0 Å². The van der Waals surface area contributed by atoms with Crippen LogP contribution in [-0.4, -0.2) is 14.5 Å². The molecule has 0 saturated carbocycles. The number of aromatic amines is 1. The molecule has 1 aromatic carbocycles. The fraction of sp³-hybridized carbons (Fsp3) is 0. The lowest BCUT2D eigenvalue weighted by Crippen LogP contribution is -2.28. The monoisotopic (exact) mass is 229 g/mol. The summed E-state index contributed by atoms with van der Waals surface area (Å²) < 4.78 is 6.35. The van der Waals surface area contributed by atoms with Gasteiger partial charge >= 0.3 is 5.69 Å². The number of benzene rings is 1. The number of aromatic nitrogens is 3. The highest BCUT2D eigenvalue weighted by molar-refractivity contribution is 5.78. The Morgan fingerprint density at radius 1 is 1.24 bits per heavy atom. The molecule has 0 unspecified atom stereocenters. The summed E-state index contributed by atoms with van der Waals surface area (Å²) in [5, 5.41) is 0.420. The normalized spacial score (nSPS) is 10.8. The summed E-state index contributed by atoms with van der Waals surface area (Å²) in [7, 11) is 0. The number of nitrogens with zero attached hydrogens (tertiary/aromatic N) is 2. The molecule has 17 heavy (non-hydrogen) atoms. The molecule has 3 aromatic rings. The number of rotatable bonds is 1. The van der Waals surface area contributed by atoms with Crippen molar-refractivity contribution < 1.29 is 4.42 Å². The SMILES string of the molecule is O=c1[nH]c(=O)n(-c2cnco2)c2ccccc12. The van der Waals surface area contributed by atoms with Gasteiger partial charge in [-0.3, -0.25) is 9.78 Å². The number of hydrogen-bond donors (Lipinski definition) is 1. The van der Waals surface area contributed by atoms with Crippen molar-refractivity contribution in [2.45, 2.75) is 0 Å². The zero-order valence-corrected chi connectivity index (χ0v) is 8.58. The van der Waals surface area contributed by atoms with Crippen LogP contribution in [0.4, 0.5) is 0 Å². The Morgan fingerprint density at radius 3 is 2.82 bits per heavy atom. The Bertz CT molecular complexity index is 784. The molecule has 0 spiro atoms. The van der Waals surface area contributed by atoms with Crippen molar-refractivity contribution in [3.8, 4) is 5.88 Å². The molecule has 0 radical (unpaired) electrons. The summed E-state index contributed by atoms with van der Waals surface area (Å²) >= 11 is 0. The number of nitrogens with one attached hydrogen (secondary N) is 1. The van der Waals surface area contributed by atoms with Gasteiger partial charge in [0.2, 0.25) is 5.88 Å². The van der Waals surface area contributed by atoms with Crippen LogP contribution in [0.25, 0.3) is 16.8 Å². The maximum absolute atomic E-state index is 11.8. The highest BCUT2D eigenvalue weighted by Gasteiger charge is 2.10. The lowest BCUT2D eigenvalue weighted by atomic mass is 10.2. The molecule has 6 nitrogen and oxygen atoms in total. The third-order valence-corrected chi connectivity index (χ3v) is 2.45. The molecular formula is C11H7N3O3. The second kappa shape index (κ2) is 3.44. The van der Waals surface area contributed by atoms with E-state index in [4.69, 9.17) is 4.42 Å². The molecule has 0 aliphatic heterocycles. The van der Waals surface area contributed by atoms with Gasteiger partial charge in [-0.15, -0.1) is 0 Å².